The molecule has 168 valence electrons. The van der Waals surface area contributed by atoms with Gasteiger partial charge in [0, 0.05) is 0 Å². The topological polar surface area (TPSA) is 66.5 Å². The van der Waals surface area contributed by atoms with E-state index in [9.17, 15) is 13.2 Å². The maximum absolute atomic E-state index is 13.5. The first-order valence-electron chi connectivity index (χ1n) is 10.7. The summed E-state index contributed by atoms with van der Waals surface area (Å²) in [6.45, 7) is 7.53. The Bertz CT molecular complexity index is 1150. The van der Waals surface area contributed by atoms with Crippen molar-refractivity contribution in [3.8, 4) is 0 Å². The first-order chi connectivity index (χ1) is 15.2. The zero-order valence-electron chi connectivity index (χ0n) is 19.0. The lowest BCUT2D eigenvalue weighted by Gasteiger charge is -2.26. The average molecular weight is 451 g/mol. The number of aryl methyl sites for hydroxylation is 3. The molecule has 3 aromatic rings. The first kappa shape index (κ1) is 23.5. The van der Waals surface area contributed by atoms with Gasteiger partial charge in [-0.1, -0.05) is 61.0 Å². The summed E-state index contributed by atoms with van der Waals surface area (Å²) >= 11 is 0. The van der Waals surface area contributed by atoms with Crippen LogP contribution in [0.4, 0.5) is 5.69 Å². The van der Waals surface area contributed by atoms with Gasteiger partial charge in [-0.05, 0) is 68.1 Å². The summed E-state index contributed by atoms with van der Waals surface area (Å²) < 4.78 is 28.2. The van der Waals surface area contributed by atoms with E-state index < -0.39 is 10.0 Å². The van der Waals surface area contributed by atoms with E-state index in [0.29, 0.717) is 12.1 Å². The lowest BCUT2D eigenvalue weighted by molar-refractivity contribution is -0.120. The first-order valence-corrected chi connectivity index (χ1v) is 12.2. The fourth-order valence-corrected chi connectivity index (χ4v) is 5.15. The minimum atomic E-state index is -3.92. The van der Waals surface area contributed by atoms with Gasteiger partial charge in [-0.15, -0.1) is 0 Å². The van der Waals surface area contributed by atoms with E-state index in [2.05, 4.69) is 5.32 Å². The molecule has 0 aromatic heterocycles. The van der Waals surface area contributed by atoms with Crippen LogP contribution in [-0.4, -0.2) is 20.9 Å². The van der Waals surface area contributed by atoms with Gasteiger partial charge in [0.1, 0.15) is 6.54 Å². The van der Waals surface area contributed by atoms with Gasteiger partial charge < -0.3 is 5.32 Å². The van der Waals surface area contributed by atoms with Crippen molar-refractivity contribution in [3.05, 3.63) is 95.1 Å². The van der Waals surface area contributed by atoms with Crippen molar-refractivity contribution in [2.24, 2.45) is 0 Å². The van der Waals surface area contributed by atoms with Crippen LogP contribution in [0.1, 0.15) is 41.6 Å². The maximum atomic E-state index is 13.5. The van der Waals surface area contributed by atoms with Crippen molar-refractivity contribution in [2.75, 3.05) is 10.8 Å². The molecule has 0 radical (unpaired) electrons. The van der Waals surface area contributed by atoms with Crippen molar-refractivity contribution in [1.29, 1.82) is 0 Å². The quantitative estimate of drug-likeness (QED) is 0.521. The Hall–Kier alpha value is -3.12. The summed E-state index contributed by atoms with van der Waals surface area (Å²) in [5.74, 6) is -0.351. The molecule has 1 amide bonds. The summed E-state index contributed by atoms with van der Waals surface area (Å²) in [6.07, 6.45) is 0.698. The summed E-state index contributed by atoms with van der Waals surface area (Å²) in [5.41, 5.74) is 4.48. The third-order valence-electron chi connectivity index (χ3n) is 5.34. The van der Waals surface area contributed by atoms with E-state index in [1.54, 1.807) is 42.5 Å². The number of hydrogen-bond acceptors (Lipinski definition) is 3. The lowest BCUT2D eigenvalue weighted by Crippen LogP contribution is -2.42. The van der Waals surface area contributed by atoms with Crippen LogP contribution in [0.2, 0.25) is 0 Å². The van der Waals surface area contributed by atoms with Gasteiger partial charge in [-0.3, -0.25) is 9.10 Å². The molecule has 1 N–H and O–H groups in total. The molecule has 0 fully saturated rings. The van der Waals surface area contributed by atoms with E-state index in [1.807, 2.05) is 58.0 Å². The molecule has 3 rings (SSSR count). The zero-order valence-corrected chi connectivity index (χ0v) is 19.8. The van der Waals surface area contributed by atoms with Gasteiger partial charge in [-0.25, -0.2) is 8.42 Å². The summed E-state index contributed by atoms with van der Waals surface area (Å²) in [5, 5.41) is 3.01. The average Bonchev–Trinajstić information content (AvgIpc) is 2.76. The normalized spacial score (nSPS) is 12.2. The van der Waals surface area contributed by atoms with Crippen LogP contribution in [-0.2, 0) is 14.8 Å². The predicted molar refractivity (Wildman–Crippen MR) is 129 cm³/mol. The van der Waals surface area contributed by atoms with Crippen LogP contribution in [0.3, 0.4) is 0 Å². The van der Waals surface area contributed by atoms with Crippen LogP contribution in [0.25, 0.3) is 0 Å². The Balaban J connectivity index is 1.93. The zero-order chi connectivity index (χ0) is 23.3. The molecule has 0 aliphatic carbocycles. The fraction of sp³-hybridized carbons (Fsp3) is 0.269. The molecule has 0 saturated carbocycles. The second-order valence-corrected chi connectivity index (χ2v) is 9.97. The molecule has 0 saturated heterocycles. The molecule has 32 heavy (non-hydrogen) atoms. The van der Waals surface area contributed by atoms with Crippen LogP contribution in [0.15, 0.2) is 77.7 Å². The van der Waals surface area contributed by atoms with E-state index >= 15 is 0 Å². The van der Waals surface area contributed by atoms with Gasteiger partial charge in [0.2, 0.25) is 5.91 Å². The van der Waals surface area contributed by atoms with E-state index in [0.717, 1.165) is 22.3 Å². The van der Waals surface area contributed by atoms with Crippen LogP contribution >= 0.6 is 0 Å². The molecular formula is C26H30N2O3S. The highest BCUT2D eigenvalue weighted by Gasteiger charge is 2.28. The number of nitrogens with zero attached hydrogens (tertiary/aromatic N) is 1. The van der Waals surface area contributed by atoms with Crippen molar-refractivity contribution in [1.82, 2.24) is 5.32 Å². The highest BCUT2D eigenvalue weighted by Crippen LogP contribution is 2.26. The third-order valence-corrected chi connectivity index (χ3v) is 7.12. The maximum Gasteiger partial charge on any atom is 0.264 e. The second kappa shape index (κ2) is 10.0. The molecule has 3 aromatic carbocycles. The monoisotopic (exact) mass is 450 g/mol. The number of sulfonamides is 1. The molecule has 0 aliphatic heterocycles. The van der Waals surface area contributed by atoms with Crippen molar-refractivity contribution >= 4 is 21.6 Å². The third kappa shape index (κ3) is 5.56. The van der Waals surface area contributed by atoms with Crippen molar-refractivity contribution in [2.45, 2.75) is 45.1 Å². The molecule has 0 spiro atoms. The number of nitrogens with one attached hydrogen (secondary N) is 1. The highest BCUT2D eigenvalue weighted by molar-refractivity contribution is 7.92. The van der Waals surface area contributed by atoms with Crippen LogP contribution < -0.4 is 9.62 Å². The Morgan fingerprint density at radius 2 is 1.47 bits per heavy atom. The molecule has 0 bridgehead atoms. The Morgan fingerprint density at radius 3 is 2.03 bits per heavy atom. The molecule has 6 heteroatoms. The second-order valence-electron chi connectivity index (χ2n) is 8.11. The number of hydrogen-bond donors (Lipinski definition) is 1. The molecule has 0 heterocycles. The molecule has 0 unspecified atom stereocenters. The van der Waals surface area contributed by atoms with Gasteiger partial charge in [-0.2, -0.15) is 0 Å². The number of amides is 1. The highest BCUT2D eigenvalue weighted by atomic mass is 32.2. The SMILES string of the molecule is CC[C@@H](NC(=O)CN(c1cc(C)cc(C)c1)S(=O)(=O)c1ccccc1)c1ccc(C)cc1. The number of carbonyl (C=O) groups excluding carboxylic acids is 1. The minimum Gasteiger partial charge on any atom is -0.348 e. The smallest absolute Gasteiger partial charge is 0.264 e. The Kier molecular flexibility index (Phi) is 7.36. The molecule has 5 nitrogen and oxygen atoms in total. The minimum absolute atomic E-state index is 0.150. The predicted octanol–water partition coefficient (Wildman–Crippen LogP) is 5.07. The van der Waals surface area contributed by atoms with E-state index in [-0.39, 0.29) is 23.4 Å². The Labute approximate surface area is 191 Å². The van der Waals surface area contributed by atoms with Crippen molar-refractivity contribution < 1.29 is 13.2 Å². The van der Waals surface area contributed by atoms with Crippen molar-refractivity contribution in [3.63, 3.8) is 0 Å². The summed E-state index contributed by atoms with van der Waals surface area (Å²) in [4.78, 5) is 13.2. The van der Waals surface area contributed by atoms with Crippen LogP contribution in [0.5, 0.6) is 0 Å². The molecular weight excluding hydrogens is 420 g/mol. The van der Waals surface area contributed by atoms with Gasteiger partial charge in [0.05, 0.1) is 16.6 Å². The number of benzene rings is 3. The van der Waals surface area contributed by atoms with Crippen LogP contribution in [0, 0.1) is 20.8 Å². The number of carbonyl (C=O) groups is 1. The molecule has 1 atom stereocenters. The standard InChI is InChI=1S/C26H30N2O3S/c1-5-25(22-13-11-19(2)12-14-22)27-26(29)18-28(23-16-20(3)15-21(4)17-23)32(30,31)24-9-7-6-8-10-24/h6-17,25H,5,18H2,1-4H3,(H,27,29)/t25-/m1/s1. The number of anilines is 1. The summed E-state index contributed by atoms with van der Waals surface area (Å²) in [7, 11) is -3.92. The van der Waals surface area contributed by atoms with Gasteiger partial charge >= 0.3 is 0 Å². The largest absolute Gasteiger partial charge is 0.348 e. The lowest BCUT2D eigenvalue weighted by atomic mass is 10.0. The van der Waals surface area contributed by atoms with E-state index in [4.69, 9.17) is 0 Å². The van der Waals surface area contributed by atoms with Gasteiger partial charge in [0.25, 0.3) is 10.0 Å². The summed E-state index contributed by atoms with van der Waals surface area (Å²) in [6, 6.07) is 21.6. The van der Waals surface area contributed by atoms with Gasteiger partial charge in [0.15, 0.2) is 0 Å². The fourth-order valence-electron chi connectivity index (χ4n) is 3.72. The Morgan fingerprint density at radius 1 is 0.875 bits per heavy atom. The molecule has 0 aliphatic rings. The van der Waals surface area contributed by atoms with E-state index in [1.165, 1.54) is 4.31 Å². The number of rotatable bonds is 8.